The smallest absolute Gasteiger partial charge is 0.192 e. The lowest BCUT2D eigenvalue weighted by atomic mass is 9.96. The predicted molar refractivity (Wildman–Crippen MR) is 111 cm³/mol. The van der Waals surface area contributed by atoms with Crippen LogP contribution in [-0.2, 0) is 10.8 Å². The molecule has 0 aliphatic carbocycles. The second kappa shape index (κ2) is 9.80. The van der Waals surface area contributed by atoms with Gasteiger partial charge in [-0.15, -0.1) is 0 Å². The highest BCUT2D eigenvalue weighted by Gasteiger charge is 2.36. The largest absolute Gasteiger partial charge is 0.497 e. The Morgan fingerprint density at radius 3 is 2.35 bits per heavy atom. The highest BCUT2D eigenvalue weighted by atomic mass is 28.4. The Bertz CT molecular complexity index is 649. The van der Waals surface area contributed by atoms with Gasteiger partial charge in [-0.25, -0.2) is 0 Å². The third-order valence-corrected chi connectivity index (χ3v) is 9.53. The van der Waals surface area contributed by atoms with Crippen molar-refractivity contribution in [3.63, 3.8) is 0 Å². The summed E-state index contributed by atoms with van der Waals surface area (Å²) < 4.78 is 11.3. The number of oxime groups is 1. The highest BCUT2D eigenvalue weighted by molar-refractivity contribution is 6.74. The van der Waals surface area contributed by atoms with Crippen LogP contribution in [-0.4, -0.2) is 33.0 Å². The van der Waals surface area contributed by atoms with Crippen LogP contribution in [0, 0.1) is 17.8 Å². The van der Waals surface area contributed by atoms with Gasteiger partial charge in [-0.2, -0.15) is 0 Å². The van der Waals surface area contributed by atoms with Crippen LogP contribution in [0.15, 0.2) is 29.4 Å². The van der Waals surface area contributed by atoms with Crippen LogP contribution in [0.4, 0.5) is 0 Å². The molecule has 0 amide bonds. The molecule has 4 nitrogen and oxygen atoms in total. The summed E-state index contributed by atoms with van der Waals surface area (Å²) in [5, 5.41) is 12.9. The fourth-order valence-electron chi connectivity index (χ4n) is 2.19. The SMILES string of the molecule is COc1ccc(C[C@H](C)C(C#CCCO[Si](C)(C)C(C)(C)C)=NO)cc1. The number of hydrogen-bond donors (Lipinski definition) is 1. The van der Waals surface area contributed by atoms with Crippen LogP contribution >= 0.6 is 0 Å². The zero-order chi connectivity index (χ0) is 19.8. The summed E-state index contributed by atoms with van der Waals surface area (Å²) in [5.74, 6) is 6.96. The summed E-state index contributed by atoms with van der Waals surface area (Å²) in [6.07, 6.45) is 1.40. The lowest BCUT2D eigenvalue weighted by Crippen LogP contribution is -2.40. The van der Waals surface area contributed by atoms with Gasteiger partial charge in [0.2, 0.25) is 0 Å². The maximum Gasteiger partial charge on any atom is 0.192 e. The van der Waals surface area contributed by atoms with Gasteiger partial charge in [0.05, 0.1) is 7.11 Å². The minimum Gasteiger partial charge on any atom is -0.497 e. The summed E-state index contributed by atoms with van der Waals surface area (Å²) in [6.45, 7) is 13.8. The number of ether oxygens (including phenoxy) is 1. The summed E-state index contributed by atoms with van der Waals surface area (Å²) >= 11 is 0. The van der Waals surface area contributed by atoms with E-state index in [1.165, 1.54) is 0 Å². The van der Waals surface area contributed by atoms with E-state index in [-0.39, 0.29) is 11.0 Å². The topological polar surface area (TPSA) is 51.0 Å². The van der Waals surface area contributed by atoms with E-state index in [0.29, 0.717) is 18.7 Å². The van der Waals surface area contributed by atoms with Gasteiger partial charge in [0.25, 0.3) is 0 Å². The van der Waals surface area contributed by atoms with Crippen molar-refractivity contribution in [2.24, 2.45) is 11.1 Å². The second-order valence-corrected chi connectivity index (χ2v) is 12.9. The van der Waals surface area contributed by atoms with Crippen LogP contribution in [0.25, 0.3) is 0 Å². The fraction of sp³-hybridized carbons (Fsp3) is 0.571. The minimum atomic E-state index is -1.73. The molecule has 0 heterocycles. The Labute approximate surface area is 159 Å². The molecular weight excluding hydrogens is 342 g/mol. The van der Waals surface area contributed by atoms with Crippen molar-refractivity contribution >= 4 is 14.0 Å². The second-order valence-electron chi connectivity index (χ2n) is 8.10. The van der Waals surface area contributed by atoms with Crippen molar-refractivity contribution in [3.05, 3.63) is 29.8 Å². The van der Waals surface area contributed by atoms with Crippen molar-refractivity contribution in [3.8, 4) is 17.6 Å². The first kappa shape index (κ1) is 22.3. The number of rotatable bonds is 7. The predicted octanol–water partition coefficient (Wildman–Crippen LogP) is 5.12. The Morgan fingerprint density at radius 2 is 1.85 bits per heavy atom. The highest BCUT2D eigenvalue weighted by Crippen LogP contribution is 2.36. The molecule has 0 fully saturated rings. The number of methoxy groups -OCH3 is 1. The molecular formula is C21H33NO3Si. The van der Waals surface area contributed by atoms with Gasteiger partial charge in [-0.1, -0.05) is 50.9 Å². The molecule has 0 aromatic heterocycles. The molecule has 0 unspecified atom stereocenters. The molecule has 0 saturated carbocycles. The zero-order valence-corrected chi connectivity index (χ0v) is 18.2. The third-order valence-electron chi connectivity index (χ3n) is 4.99. The average Bonchev–Trinajstić information content (AvgIpc) is 2.57. The third kappa shape index (κ3) is 6.85. The van der Waals surface area contributed by atoms with Gasteiger partial charge in [0.1, 0.15) is 11.5 Å². The number of benzene rings is 1. The van der Waals surface area contributed by atoms with E-state index in [0.717, 1.165) is 17.7 Å². The van der Waals surface area contributed by atoms with Gasteiger partial charge in [-0.05, 0) is 48.2 Å². The quantitative estimate of drug-likeness (QED) is 0.180. The monoisotopic (exact) mass is 375 g/mol. The Hall–Kier alpha value is -1.77. The van der Waals surface area contributed by atoms with Gasteiger partial charge in [0, 0.05) is 18.9 Å². The molecule has 1 aromatic carbocycles. The first-order chi connectivity index (χ1) is 12.1. The Balaban J connectivity index is 2.55. The first-order valence-electron chi connectivity index (χ1n) is 9.08. The molecule has 0 aliphatic rings. The molecule has 0 bridgehead atoms. The van der Waals surface area contributed by atoms with Crippen LogP contribution in [0.1, 0.15) is 39.7 Å². The van der Waals surface area contributed by atoms with Crippen molar-refractivity contribution in [2.75, 3.05) is 13.7 Å². The minimum absolute atomic E-state index is 0.0437. The Morgan fingerprint density at radius 1 is 1.23 bits per heavy atom. The first-order valence-corrected chi connectivity index (χ1v) is 12.0. The molecule has 1 atom stereocenters. The summed E-state index contributed by atoms with van der Waals surface area (Å²) in [6, 6.07) is 7.90. The van der Waals surface area contributed by atoms with E-state index >= 15 is 0 Å². The van der Waals surface area contributed by atoms with E-state index < -0.39 is 8.32 Å². The van der Waals surface area contributed by atoms with Crippen molar-refractivity contribution in [1.82, 2.24) is 0 Å². The van der Waals surface area contributed by atoms with E-state index in [1.807, 2.05) is 31.2 Å². The average molecular weight is 376 g/mol. The van der Waals surface area contributed by atoms with Crippen LogP contribution in [0.5, 0.6) is 5.75 Å². The van der Waals surface area contributed by atoms with E-state index in [4.69, 9.17) is 9.16 Å². The molecule has 0 radical (unpaired) electrons. The number of hydrogen-bond acceptors (Lipinski definition) is 4. The molecule has 1 rings (SSSR count). The summed E-state index contributed by atoms with van der Waals surface area (Å²) in [4.78, 5) is 0. The standard InChI is InChI=1S/C21H33NO3Si/c1-17(16-18-11-13-19(24-5)14-12-18)20(22-23)10-8-9-15-25-26(6,7)21(2,3)4/h11-14,17,23H,9,15-16H2,1-7H3/t17-/m0/s1. The molecule has 26 heavy (non-hydrogen) atoms. The van der Waals surface area contributed by atoms with Gasteiger partial charge >= 0.3 is 0 Å². The number of nitrogens with zero attached hydrogens (tertiary/aromatic N) is 1. The van der Waals surface area contributed by atoms with Crippen molar-refractivity contribution < 1.29 is 14.4 Å². The molecule has 1 N–H and O–H groups in total. The molecule has 1 aromatic rings. The fourth-order valence-corrected chi connectivity index (χ4v) is 3.23. The lowest BCUT2D eigenvalue weighted by Gasteiger charge is -2.35. The van der Waals surface area contributed by atoms with E-state index in [2.05, 4.69) is 50.9 Å². The van der Waals surface area contributed by atoms with Crippen LogP contribution in [0.3, 0.4) is 0 Å². The van der Waals surface area contributed by atoms with E-state index in [1.54, 1.807) is 7.11 Å². The van der Waals surface area contributed by atoms with Crippen LogP contribution < -0.4 is 4.74 Å². The molecule has 0 saturated heterocycles. The molecule has 0 spiro atoms. The maximum absolute atomic E-state index is 9.29. The molecule has 144 valence electrons. The maximum atomic E-state index is 9.29. The van der Waals surface area contributed by atoms with Gasteiger partial charge in [-0.3, -0.25) is 0 Å². The zero-order valence-electron chi connectivity index (χ0n) is 17.2. The lowest BCUT2D eigenvalue weighted by molar-refractivity contribution is 0.296. The summed E-state index contributed by atoms with van der Waals surface area (Å²) in [5.41, 5.74) is 1.66. The van der Waals surface area contributed by atoms with Crippen LogP contribution in [0.2, 0.25) is 18.1 Å². The summed E-state index contributed by atoms with van der Waals surface area (Å²) in [7, 11) is -0.0774. The molecule has 0 aliphatic heterocycles. The van der Waals surface area contributed by atoms with Gasteiger partial charge < -0.3 is 14.4 Å². The van der Waals surface area contributed by atoms with Crippen molar-refractivity contribution in [2.45, 2.75) is 58.7 Å². The normalized spacial score (nSPS) is 13.7. The van der Waals surface area contributed by atoms with Crippen molar-refractivity contribution in [1.29, 1.82) is 0 Å². The Kier molecular flexibility index (Phi) is 8.39. The molecule has 5 heteroatoms. The van der Waals surface area contributed by atoms with E-state index in [9.17, 15) is 5.21 Å². The van der Waals surface area contributed by atoms with Gasteiger partial charge in [0.15, 0.2) is 8.32 Å².